The molecule has 0 aliphatic carbocycles. The molecule has 0 bridgehead atoms. The largest absolute Gasteiger partial charge is 0.476 e. The molecule has 1 amide bonds. The van der Waals surface area contributed by atoms with Gasteiger partial charge in [-0.05, 0) is 28.1 Å². The quantitative estimate of drug-likeness (QED) is 0.580. The summed E-state index contributed by atoms with van der Waals surface area (Å²) >= 11 is 0. The van der Waals surface area contributed by atoms with Crippen molar-refractivity contribution in [2.75, 3.05) is 11.9 Å². The Bertz CT molecular complexity index is 948. The molecule has 1 heterocycles. The number of rotatable bonds is 6. The van der Waals surface area contributed by atoms with Crippen LogP contribution in [0.4, 0.5) is 30.4 Å². The number of nitrogens with one attached hydrogen (secondary N) is 1. The summed E-state index contributed by atoms with van der Waals surface area (Å²) < 4.78 is 44.2. The summed E-state index contributed by atoms with van der Waals surface area (Å²) in [7, 11) is 0. The molecule has 28 heavy (non-hydrogen) atoms. The number of nitro benzene ring substituents is 1. The minimum absolute atomic E-state index is 0.283. The van der Waals surface area contributed by atoms with Crippen molar-refractivity contribution in [3.05, 3.63) is 61.8 Å². The van der Waals surface area contributed by atoms with Crippen molar-refractivity contribution in [3.8, 4) is 5.75 Å². The molecule has 0 saturated heterocycles. The van der Waals surface area contributed by atoms with E-state index >= 15 is 0 Å². The van der Waals surface area contributed by atoms with Crippen molar-refractivity contribution < 1.29 is 32.5 Å². The number of hydrogen-bond donors (Lipinski definition) is 1. The smallest absolute Gasteiger partial charge is 0.418 e. The van der Waals surface area contributed by atoms with Crippen LogP contribution in [0.25, 0.3) is 0 Å². The summed E-state index contributed by atoms with van der Waals surface area (Å²) in [6.45, 7) is 0.649. The number of halogens is 3. The summed E-state index contributed by atoms with van der Waals surface area (Å²) in [5.74, 6) is -2.06. The molecule has 2 aromatic rings. The zero-order valence-electron chi connectivity index (χ0n) is 14.0. The van der Waals surface area contributed by atoms with Crippen molar-refractivity contribution in [3.63, 3.8) is 0 Å². The first kappa shape index (κ1) is 20.5. The van der Waals surface area contributed by atoms with Crippen LogP contribution in [-0.4, -0.2) is 27.3 Å². The highest BCUT2D eigenvalue weighted by Crippen LogP contribution is 2.37. The third kappa shape index (κ3) is 4.90. The minimum atomic E-state index is -4.96. The van der Waals surface area contributed by atoms with E-state index in [2.05, 4.69) is 4.98 Å². The normalized spacial score (nSPS) is 11.0. The number of nitro groups is 2. The number of non-ortho nitro benzene ring substituents is 1. The molecular formula is C15H11F3N4O6. The summed E-state index contributed by atoms with van der Waals surface area (Å²) in [6.07, 6.45) is -4.96. The molecule has 0 saturated carbocycles. The number of aromatic nitrogens is 1. The lowest BCUT2D eigenvalue weighted by Gasteiger charge is -2.14. The number of anilines is 1. The van der Waals surface area contributed by atoms with Crippen molar-refractivity contribution in [2.24, 2.45) is 0 Å². The van der Waals surface area contributed by atoms with Crippen LogP contribution < -0.4 is 10.1 Å². The Labute approximate surface area is 154 Å². The Morgan fingerprint density at radius 3 is 2.43 bits per heavy atom. The minimum Gasteiger partial charge on any atom is -0.476 e. The van der Waals surface area contributed by atoms with Gasteiger partial charge in [0.05, 0.1) is 16.2 Å². The van der Waals surface area contributed by atoms with Gasteiger partial charge in [-0.25, -0.2) is 0 Å². The van der Waals surface area contributed by atoms with Gasteiger partial charge >= 0.3 is 12.0 Å². The lowest BCUT2D eigenvalue weighted by Crippen LogP contribution is -2.22. The van der Waals surface area contributed by atoms with Gasteiger partial charge in [-0.15, -0.1) is 0 Å². The summed E-state index contributed by atoms with van der Waals surface area (Å²) in [6, 6.07) is 4.39. The maximum atomic E-state index is 13.1. The molecule has 0 atom stereocenters. The third-order valence-corrected chi connectivity index (χ3v) is 3.30. The van der Waals surface area contributed by atoms with Gasteiger partial charge in [-0.3, -0.25) is 14.9 Å². The molecule has 10 nitrogen and oxygen atoms in total. The number of alkyl halides is 3. The average Bonchev–Trinajstić information content (AvgIpc) is 2.59. The molecule has 2 rings (SSSR count). The van der Waals surface area contributed by atoms with E-state index in [-0.39, 0.29) is 11.8 Å². The van der Waals surface area contributed by atoms with E-state index in [0.717, 1.165) is 12.1 Å². The number of pyridine rings is 1. The summed E-state index contributed by atoms with van der Waals surface area (Å²) in [4.78, 5) is 35.3. The van der Waals surface area contributed by atoms with Gasteiger partial charge in [0, 0.05) is 19.1 Å². The van der Waals surface area contributed by atoms with Crippen molar-refractivity contribution in [1.29, 1.82) is 0 Å². The lowest BCUT2D eigenvalue weighted by atomic mass is 10.1. The highest BCUT2D eigenvalue weighted by Gasteiger charge is 2.35. The van der Waals surface area contributed by atoms with Gasteiger partial charge in [0.1, 0.15) is 5.69 Å². The van der Waals surface area contributed by atoms with E-state index in [9.17, 15) is 38.2 Å². The lowest BCUT2D eigenvalue weighted by molar-refractivity contribution is -0.390. The van der Waals surface area contributed by atoms with Gasteiger partial charge < -0.3 is 20.2 Å². The average molecular weight is 400 g/mol. The first-order valence-corrected chi connectivity index (χ1v) is 7.39. The summed E-state index contributed by atoms with van der Waals surface area (Å²) in [5.41, 5.74) is -2.62. The van der Waals surface area contributed by atoms with Crippen LogP contribution in [0.2, 0.25) is 0 Å². The molecule has 1 N–H and O–H groups in total. The fraction of sp³-hybridized carbons (Fsp3) is 0.200. The van der Waals surface area contributed by atoms with Gasteiger partial charge in [-0.2, -0.15) is 13.2 Å². The molecule has 13 heteroatoms. The van der Waals surface area contributed by atoms with Gasteiger partial charge in [0.15, 0.2) is 6.61 Å². The van der Waals surface area contributed by atoms with Crippen molar-refractivity contribution >= 4 is 23.1 Å². The number of ether oxygens (including phenoxy) is 1. The molecule has 0 fully saturated rings. The monoisotopic (exact) mass is 400 g/mol. The predicted octanol–water partition coefficient (Wildman–Crippen LogP) is 3.24. The highest BCUT2D eigenvalue weighted by atomic mass is 19.4. The van der Waals surface area contributed by atoms with Crippen LogP contribution >= 0.6 is 0 Å². The second-order valence-electron chi connectivity index (χ2n) is 5.35. The molecule has 0 aliphatic heterocycles. The highest BCUT2D eigenvalue weighted by molar-refractivity contribution is 5.93. The molecule has 0 aliphatic rings. The number of aryl methyl sites for hydroxylation is 1. The predicted molar refractivity (Wildman–Crippen MR) is 87.9 cm³/mol. The number of carbonyl (C=O) groups is 1. The van der Waals surface area contributed by atoms with Crippen LogP contribution in [-0.2, 0) is 11.0 Å². The second-order valence-corrected chi connectivity index (χ2v) is 5.35. The fourth-order valence-corrected chi connectivity index (χ4v) is 2.09. The van der Waals surface area contributed by atoms with Crippen LogP contribution in [0.5, 0.6) is 5.75 Å². The maximum Gasteiger partial charge on any atom is 0.418 e. The van der Waals surface area contributed by atoms with E-state index in [1.54, 1.807) is 0 Å². The van der Waals surface area contributed by atoms with Crippen LogP contribution in [0.3, 0.4) is 0 Å². The van der Waals surface area contributed by atoms with E-state index in [1.165, 1.54) is 19.1 Å². The Kier molecular flexibility index (Phi) is 5.76. The Hall–Kier alpha value is -3.77. The Morgan fingerprint density at radius 2 is 1.86 bits per heavy atom. The molecule has 148 valence electrons. The molecule has 0 unspecified atom stereocenters. The molecular weight excluding hydrogens is 389 g/mol. The molecule has 1 aromatic carbocycles. The second kappa shape index (κ2) is 7.85. The number of benzene rings is 1. The van der Waals surface area contributed by atoms with Crippen molar-refractivity contribution in [2.45, 2.75) is 13.1 Å². The maximum absolute atomic E-state index is 13.1. The Balaban J connectivity index is 2.18. The molecule has 0 spiro atoms. The first-order chi connectivity index (χ1) is 13.0. The number of carbonyl (C=O) groups excluding carboxylic acids is 1. The SMILES string of the molecule is Cc1ccc(OCC(=O)Nc2ccc([N+](=O)[O-])cc2C(F)(F)F)c([N+](=O)[O-])n1. The van der Waals surface area contributed by atoms with Crippen LogP contribution in [0.15, 0.2) is 30.3 Å². The topological polar surface area (TPSA) is 138 Å². The van der Waals surface area contributed by atoms with E-state index in [1.807, 2.05) is 5.32 Å². The van der Waals surface area contributed by atoms with Crippen LogP contribution in [0.1, 0.15) is 11.3 Å². The number of amides is 1. The van der Waals surface area contributed by atoms with E-state index in [4.69, 9.17) is 4.74 Å². The van der Waals surface area contributed by atoms with E-state index in [0.29, 0.717) is 5.69 Å². The Morgan fingerprint density at radius 1 is 1.18 bits per heavy atom. The third-order valence-electron chi connectivity index (χ3n) is 3.30. The number of hydrogen-bond acceptors (Lipinski definition) is 7. The number of nitrogens with zero attached hydrogens (tertiary/aromatic N) is 3. The van der Waals surface area contributed by atoms with Gasteiger partial charge in [0.2, 0.25) is 5.75 Å². The molecule has 0 radical (unpaired) electrons. The van der Waals surface area contributed by atoms with Gasteiger partial charge in [0.25, 0.3) is 11.6 Å². The molecule has 1 aromatic heterocycles. The van der Waals surface area contributed by atoms with Crippen molar-refractivity contribution in [1.82, 2.24) is 4.98 Å². The van der Waals surface area contributed by atoms with Gasteiger partial charge in [-0.1, -0.05) is 0 Å². The zero-order valence-corrected chi connectivity index (χ0v) is 14.0. The summed E-state index contributed by atoms with van der Waals surface area (Å²) in [5, 5.41) is 23.5. The first-order valence-electron chi connectivity index (χ1n) is 7.39. The van der Waals surface area contributed by atoms with E-state index < -0.39 is 51.3 Å². The van der Waals surface area contributed by atoms with Crippen LogP contribution in [0, 0.1) is 27.2 Å². The fourth-order valence-electron chi connectivity index (χ4n) is 2.09. The zero-order chi connectivity index (χ0) is 21.1. The standard InChI is InChI=1S/C15H11F3N4O6/c1-8-2-5-12(14(19-8)22(26)27)28-7-13(23)20-11-4-3-9(21(24)25)6-10(11)15(16,17)18/h2-6H,7H2,1H3,(H,20,23).